The fraction of sp³-hybridized carbons (Fsp3) is 0.529. The third-order valence-corrected chi connectivity index (χ3v) is 6.40. The second-order valence-electron chi connectivity index (χ2n) is 6.34. The van der Waals surface area contributed by atoms with Gasteiger partial charge in [-0.25, -0.2) is 8.42 Å². The molecule has 0 radical (unpaired) electrons. The Labute approximate surface area is 154 Å². The Morgan fingerprint density at radius 2 is 2.12 bits per heavy atom. The number of ether oxygens (including phenoxy) is 1. The van der Waals surface area contributed by atoms with E-state index in [1.807, 2.05) is 6.92 Å². The highest BCUT2D eigenvalue weighted by Gasteiger charge is 2.35. The molecular formula is C17H24ClN3O3S. The number of nitrogens with one attached hydrogen (secondary N) is 2. The summed E-state index contributed by atoms with van der Waals surface area (Å²) in [7, 11) is -3.53. The summed E-state index contributed by atoms with van der Waals surface area (Å²) in [5.74, 6) is 0. The summed E-state index contributed by atoms with van der Waals surface area (Å²) in [6.45, 7) is 7.08. The maximum absolute atomic E-state index is 12.5. The van der Waals surface area contributed by atoms with Crippen molar-refractivity contribution in [2.45, 2.75) is 19.5 Å². The van der Waals surface area contributed by atoms with Gasteiger partial charge in [0.25, 0.3) is 0 Å². The fourth-order valence-electron chi connectivity index (χ4n) is 3.23. The van der Waals surface area contributed by atoms with Gasteiger partial charge in [0.15, 0.2) is 0 Å². The quantitative estimate of drug-likeness (QED) is 0.728. The number of halogens is 1. The highest BCUT2D eigenvalue weighted by Crippen LogP contribution is 2.32. The molecule has 2 heterocycles. The lowest BCUT2D eigenvalue weighted by atomic mass is 10.1. The lowest BCUT2D eigenvalue weighted by molar-refractivity contribution is 0.0374. The molecule has 1 aromatic rings. The van der Waals surface area contributed by atoms with Crippen LogP contribution in [0.2, 0.25) is 5.02 Å². The van der Waals surface area contributed by atoms with Crippen LogP contribution in [0.25, 0.3) is 4.91 Å². The van der Waals surface area contributed by atoms with Crippen LogP contribution in [0.15, 0.2) is 29.8 Å². The summed E-state index contributed by atoms with van der Waals surface area (Å²) >= 11 is 6.01. The number of morpholine rings is 1. The first-order valence-electron chi connectivity index (χ1n) is 8.50. The van der Waals surface area contributed by atoms with Gasteiger partial charge in [-0.05, 0) is 49.7 Å². The Kier molecular flexibility index (Phi) is 6.14. The predicted molar refractivity (Wildman–Crippen MR) is 99.8 cm³/mol. The smallest absolute Gasteiger partial charge is 0.242 e. The van der Waals surface area contributed by atoms with Crippen LogP contribution in [-0.4, -0.2) is 58.9 Å². The second-order valence-corrected chi connectivity index (χ2v) is 8.43. The SMILES string of the molecule is CC1=C(c2cccc(Cl)c2)S(=O)(=O)NC1NCCCN1CCOCC1. The molecule has 0 aliphatic carbocycles. The van der Waals surface area contributed by atoms with E-state index >= 15 is 0 Å². The molecule has 3 rings (SSSR count). The summed E-state index contributed by atoms with van der Waals surface area (Å²) in [6, 6.07) is 6.94. The zero-order valence-corrected chi connectivity index (χ0v) is 15.9. The number of sulfonamides is 1. The zero-order chi connectivity index (χ0) is 17.9. The number of hydrogen-bond donors (Lipinski definition) is 2. The highest BCUT2D eigenvalue weighted by atomic mass is 35.5. The van der Waals surface area contributed by atoms with Crippen molar-refractivity contribution >= 4 is 26.5 Å². The van der Waals surface area contributed by atoms with E-state index in [9.17, 15) is 8.42 Å². The van der Waals surface area contributed by atoms with Gasteiger partial charge in [-0.15, -0.1) is 0 Å². The molecule has 138 valence electrons. The van der Waals surface area contributed by atoms with E-state index in [4.69, 9.17) is 16.3 Å². The minimum Gasteiger partial charge on any atom is -0.379 e. The summed E-state index contributed by atoms with van der Waals surface area (Å²) in [5, 5.41) is 3.82. The van der Waals surface area contributed by atoms with Crippen LogP contribution in [0, 0.1) is 0 Å². The van der Waals surface area contributed by atoms with Crippen LogP contribution in [0.5, 0.6) is 0 Å². The van der Waals surface area contributed by atoms with Crippen molar-refractivity contribution < 1.29 is 13.2 Å². The van der Waals surface area contributed by atoms with E-state index in [-0.39, 0.29) is 6.17 Å². The van der Waals surface area contributed by atoms with Gasteiger partial charge < -0.3 is 4.74 Å². The molecule has 1 fully saturated rings. The van der Waals surface area contributed by atoms with Gasteiger partial charge in [-0.3, -0.25) is 10.2 Å². The molecule has 2 aliphatic rings. The van der Waals surface area contributed by atoms with Crippen molar-refractivity contribution in [2.75, 3.05) is 39.4 Å². The minimum atomic E-state index is -3.53. The molecule has 0 bridgehead atoms. The first-order valence-corrected chi connectivity index (χ1v) is 10.4. The number of nitrogens with zero attached hydrogens (tertiary/aromatic N) is 1. The van der Waals surface area contributed by atoms with Gasteiger partial charge in [0, 0.05) is 18.1 Å². The first-order chi connectivity index (χ1) is 12.0. The third kappa shape index (κ3) is 4.61. The van der Waals surface area contributed by atoms with Crippen LogP contribution in [0.1, 0.15) is 18.9 Å². The Bertz CT molecular complexity index is 745. The average molecular weight is 386 g/mol. The largest absolute Gasteiger partial charge is 0.379 e. The lowest BCUT2D eigenvalue weighted by Crippen LogP contribution is -2.43. The summed E-state index contributed by atoms with van der Waals surface area (Å²) in [5.41, 5.74) is 1.39. The molecule has 25 heavy (non-hydrogen) atoms. The van der Waals surface area contributed by atoms with Crippen molar-refractivity contribution in [1.29, 1.82) is 0 Å². The van der Waals surface area contributed by atoms with Gasteiger partial charge >= 0.3 is 0 Å². The van der Waals surface area contributed by atoms with Crippen LogP contribution in [0.3, 0.4) is 0 Å². The van der Waals surface area contributed by atoms with Crippen LogP contribution >= 0.6 is 11.6 Å². The molecule has 6 nitrogen and oxygen atoms in total. The fourth-order valence-corrected chi connectivity index (χ4v) is 5.08. The van der Waals surface area contributed by atoms with Gasteiger partial charge in [0.2, 0.25) is 10.0 Å². The molecule has 2 aliphatic heterocycles. The van der Waals surface area contributed by atoms with Gasteiger partial charge in [-0.2, -0.15) is 4.72 Å². The Balaban J connectivity index is 1.61. The van der Waals surface area contributed by atoms with E-state index in [0.29, 0.717) is 15.5 Å². The van der Waals surface area contributed by atoms with E-state index in [1.54, 1.807) is 24.3 Å². The maximum Gasteiger partial charge on any atom is 0.242 e. The normalized spacial score (nSPS) is 24.0. The summed E-state index contributed by atoms with van der Waals surface area (Å²) in [4.78, 5) is 2.69. The molecule has 0 aromatic heterocycles. The Hall–Kier alpha value is -0.960. The minimum absolute atomic E-state index is 0.320. The molecule has 0 amide bonds. The predicted octanol–water partition coefficient (Wildman–Crippen LogP) is 1.64. The highest BCUT2D eigenvalue weighted by molar-refractivity contribution is 7.99. The zero-order valence-electron chi connectivity index (χ0n) is 14.3. The van der Waals surface area contributed by atoms with Crippen molar-refractivity contribution in [3.63, 3.8) is 0 Å². The topological polar surface area (TPSA) is 70.7 Å². The molecule has 1 atom stereocenters. The monoisotopic (exact) mass is 385 g/mol. The summed E-state index contributed by atoms with van der Waals surface area (Å²) in [6.07, 6.45) is 0.585. The molecule has 1 unspecified atom stereocenters. The molecule has 0 spiro atoms. The van der Waals surface area contributed by atoms with Gasteiger partial charge in [-0.1, -0.05) is 23.7 Å². The number of benzene rings is 1. The third-order valence-electron chi connectivity index (χ3n) is 4.52. The van der Waals surface area contributed by atoms with Gasteiger partial charge in [0.05, 0.1) is 24.3 Å². The van der Waals surface area contributed by atoms with Crippen molar-refractivity contribution in [1.82, 2.24) is 14.9 Å². The van der Waals surface area contributed by atoms with E-state index < -0.39 is 10.0 Å². The molecular weight excluding hydrogens is 362 g/mol. The number of hydrogen-bond acceptors (Lipinski definition) is 5. The van der Waals surface area contributed by atoms with Crippen molar-refractivity contribution in [3.05, 3.63) is 40.4 Å². The standard InChI is InChI=1S/C17H24ClN3O3S/c1-13-16(14-4-2-5-15(18)12-14)25(22,23)20-17(13)19-6-3-7-21-8-10-24-11-9-21/h2,4-5,12,17,19-20H,3,6-11H2,1H3. The van der Waals surface area contributed by atoms with Gasteiger partial charge in [0.1, 0.15) is 0 Å². The van der Waals surface area contributed by atoms with Crippen LogP contribution in [-0.2, 0) is 14.8 Å². The second kappa shape index (κ2) is 8.16. The summed E-state index contributed by atoms with van der Waals surface area (Å²) < 4.78 is 33.0. The maximum atomic E-state index is 12.5. The molecule has 2 N–H and O–H groups in total. The van der Waals surface area contributed by atoms with Crippen LogP contribution < -0.4 is 10.0 Å². The van der Waals surface area contributed by atoms with Crippen molar-refractivity contribution in [3.8, 4) is 0 Å². The Morgan fingerprint density at radius 1 is 1.36 bits per heavy atom. The molecule has 0 saturated carbocycles. The van der Waals surface area contributed by atoms with Crippen molar-refractivity contribution in [2.24, 2.45) is 0 Å². The van der Waals surface area contributed by atoms with E-state index in [0.717, 1.165) is 51.4 Å². The van der Waals surface area contributed by atoms with E-state index in [2.05, 4.69) is 14.9 Å². The number of rotatable bonds is 6. The lowest BCUT2D eigenvalue weighted by Gasteiger charge is -2.26. The molecule has 1 saturated heterocycles. The first kappa shape index (κ1) is 18.8. The Morgan fingerprint density at radius 3 is 2.84 bits per heavy atom. The van der Waals surface area contributed by atoms with Crippen LogP contribution in [0.4, 0.5) is 0 Å². The molecule has 1 aromatic carbocycles. The van der Waals surface area contributed by atoms with E-state index in [1.165, 1.54) is 0 Å². The average Bonchev–Trinajstić information content (AvgIpc) is 2.81. The molecule has 8 heteroatoms.